The third-order valence-corrected chi connectivity index (χ3v) is 6.39. The largest absolute Gasteiger partial charge is 0.491 e. The number of ether oxygens (including phenoxy) is 3. The first-order valence-electron chi connectivity index (χ1n) is 12.2. The van der Waals surface area contributed by atoms with Crippen molar-refractivity contribution in [3.05, 3.63) is 100 Å². The summed E-state index contributed by atoms with van der Waals surface area (Å²) in [6, 6.07) is 23.3. The zero-order chi connectivity index (χ0) is 24.5. The van der Waals surface area contributed by atoms with Crippen molar-refractivity contribution in [1.82, 2.24) is 0 Å². The predicted molar refractivity (Wildman–Crippen MR) is 137 cm³/mol. The van der Waals surface area contributed by atoms with Crippen LogP contribution < -0.4 is 4.74 Å². The van der Waals surface area contributed by atoms with Crippen LogP contribution in [0.3, 0.4) is 0 Å². The molecule has 0 aromatic heterocycles. The predicted octanol–water partition coefficient (Wildman–Crippen LogP) is 5.49. The molecule has 2 unspecified atom stereocenters. The quantitative estimate of drug-likeness (QED) is 0.289. The molecule has 35 heavy (non-hydrogen) atoms. The van der Waals surface area contributed by atoms with Crippen LogP contribution in [-0.2, 0) is 22.5 Å². The van der Waals surface area contributed by atoms with E-state index in [1.165, 1.54) is 12.8 Å². The Bertz CT molecular complexity index is 1040. The van der Waals surface area contributed by atoms with Gasteiger partial charge in [-0.1, -0.05) is 66.2 Å². The van der Waals surface area contributed by atoms with E-state index in [9.17, 15) is 10.2 Å². The fourth-order valence-electron chi connectivity index (χ4n) is 3.84. The number of hydrogen-bond donors (Lipinski definition) is 2. The molecule has 1 aliphatic carbocycles. The number of halogens is 1. The van der Waals surface area contributed by atoms with Gasteiger partial charge in [0.25, 0.3) is 0 Å². The van der Waals surface area contributed by atoms with Crippen molar-refractivity contribution in [2.75, 3.05) is 19.8 Å². The molecule has 186 valence electrons. The molecule has 0 heterocycles. The van der Waals surface area contributed by atoms with Gasteiger partial charge in [0.05, 0.1) is 38.1 Å². The first-order chi connectivity index (χ1) is 17.1. The normalized spacial score (nSPS) is 15.1. The number of rotatable bonds is 14. The minimum atomic E-state index is -0.771. The summed E-state index contributed by atoms with van der Waals surface area (Å²) in [5.41, 5.74) is 3.80. The summed E-state index contributed by atoms with van der Waals surface area (Å²) in [6.45, 7) is 1.39. The molecule has 0 amide bonds. The molecular weight excluding hydrogens is 464 g/mol. The molecule has 0 aliphatic heterocycles. The second-order valence-corrected chi connectivity index (χ2v) is 9.35. The second-order valence-electron chi connectivity index (χ2n) is 8.94. The third kappa shape index (κ3) is 8.34. The van der Waals surface area contributed by atoms with E-state index >= 15 is 0 Å². The molecule has 6 heteroatoms. The van der Waals surface area contributed by atoms with Crippen LogP contribution in [0.15, 0.2) is 72.8 Å². The van der Waals surface area contributed by atoms with Crippen molar-refractivity contribution in [3.8, 4) is 5.75 Å². The molecule has 0 spiro atoms. The molecule has 1 saturated carbocycles. The van der Waals surface area contributed by atoms with Gasteiger partial charge in [-0.25, -0.2) is 0 Å². The summed E-state index contributed by atoms with van der Waals surface area (Å²) in [4.78, 5) is 0. The van der Waals surface area contributed by atoms with Gasteiger partial charge in [0.1, 0.15) is 12.4 Å². The lowest BCUT2D eigenvalue weighted by atomic mass is 9.98. The monoisotopic (exact) mass is 496 g/mol. The Balaban J connectivity index is 1.30. The second kappa shape index (κ2) is 13.1. The Morgan fingerprint density at radius 3 is 2.40 bits per heavy atom. The van der Waals surface area contributed by atoms with E-state index in [1.54, 1.807) is 0 Å². The number of aliphatic hydroxyl groups is 2. The highest BCUT2D eigenvalue weighted by Gasteiger charge is 2.21. The number of aliphatic hydroxyl groups excluding tert-OH is 2. The minimum absolute atomic E-state index is 0.161. The maximum Gasteiger partial charge on any atom is 0.119 e. The van der Waals surface area contributed by atoms with Crippen LogP contribution >= 0.6 is 11.6 Å². The van der Waals surface area contributed by atoms with Crippen molar-refractivity contribution in [1.29, 1.82) is 0 Å². The van der Waals surface area contributed by atoms with Gasteiger partial charge in [0.2, 0.25) is 0 Å². The van der Waals surface area contributed by atoms with Gasteiger partial charge >= 0.3 is 0 Å². The highest BCUT2D eigenvalue weighted by Crippen LogP contribution is 2.27. The molecule has 2 N–H and O–H groups in total. The SMILES string of the molecule is OCC(CC(O)c1ccc(Cl)c(Cc2ccc(OCCOC3CC3)cc2)c1)OCc1ccccc1. The topological polar surface area (TPSA) is 68.2 Å². The summed E-state index contributed by atoms with van der Waals surface area (Å²) < 4.78 is 17.2. The number of hydrogen-bond acceptors (Lipinski definition) is 5. The van der Waals surface area contributed by atoms with Gasteiger partial charge in [-0.05, 0) is 59.7 Å². The molecule has 0 radical (unpaired) electrons. The van der Waals surface area contributed by atoms with Gasteiger partial charge < -0.3 is 24.4 Å². The minimum Gasteiger partial charge on any atom is -0.491 e. The van der Waals surface area contributed by atoms with Crippen LogP contribution in [0.25, 0.3) is 0 Å². The van der Waals surface area contributed by atoms with E-state index in [0.717, 1.165) is 28.0 Å². The van der Waals surface area contributed by atoms with E-state index < -0.39 is 12.2 Å². The Kier molecular flexibility index (Phi) is 9.57. The molecule has 0 bridgehead atoms. The van der Waals surface area contributed by atoms with E-state index in [-0.39, 0.29) is 6.61 Å². The molecule has 4 rings (SSSR count). The molecule has 1 fully saturated rings. The third-order valence-electron chi connectivity index (χ3n) is 6.02. The highest BCUT2D eigenvalue weighted by atomic mass is 35.5. The van der Waals surface area contributed by atoms with Gasteiger partial charge in [0.15, 0.2) is 0 Å². The zero-order valence-electron chi connectivity index (χ0n) is 19.8. The van der Waals surface area contributed by atoms with Crippen LogP contribution in [0, 0.1) is 0 Å². The first kappa shape index (κ1) is 25.7. The van der Waals surface area contributed by atoms with Crippen molar-refractivity contribution in [2.24, 2.45) is 0 Å². The maximum atomic E-state index is 10.8. The lowest BCUT2D eigenvalue weighted by molar-refractivity contribution is -0.0265. The summed E-state index contributed by atoms with van der Waals surface area (Å²) in [6.07, 6.45) is 2.47. The van der Waals surface area contributed by atoms with Crippen molar-refractivity contribution in [3.63, 3.8) is 0 Å². The summed E-state index contributed by atoms with van der Waals surface area (Å²) in [5.74, 6) is 0.814. The van der Waals surface area contributed by atoms with Crippen LogP contribution in [0.5, 0.6) is 5.75 Å². The van der Waals surface area contributed by atoms with E-state index in [4.69, 9.17) is 25.8 Å². The summed E-state index contributed by atoms with van der Waals surface area (Å²) in [7, 11) is 0. The van der Waals surface area contributed by atoms with E-state index in [2.05, 4.69) is 0 Å². The molecule has 3 aromatic rings. The van der Waals surface area contributed by atoms with Gasteiger partial charge in [-0.15, -0.1) is 0 Å². The van der Waals surface area contributed by atoms with Gasteiger partial charge in [-0.2, -0.15) is 0 Å². The van der Waals surface area contributed by atoms with Crippen LogP contribution in [0.2, 0.25) is 5.02 Å². The first-order valence-corrected chi connectivity index (χ1v) is 12.5. The van der Waals surface area contributed by atoms with Crippen LogP contribution in [0.1, 0.15) is 47.6 Å². The highest BCUT2D eigenvalue weighted by molar-refractivity contribution is 6.31. The van der Waals surface area contributed by atoms with Gasteiger partial charge in [-0.3, -0.25) is 0 Å². The average Bonchev–Trinajstić information content (AvgIpc) is 3.71. The molecule has 3 aromatic carbocycles. The molecule has 1 aliphatic rings. The van der Waals surface area contributed by atoms with Crippen molar-refractivity contribution in [2.45, 2.75) is 50.6 Å². The zero-order valence-corrected chi connectivity index (χ0v) is 20.6. The Morgan fingerprint density at radius 1 is 0.914 bits per heavy atom. The summed E-state index contributed by atoms with van der Waals surface area (Å²) in [5, 5.41) is 21.2. The standard InChI is InChI=1S/C29H33ClO5/c30-28-13-8-23(29(32)18-27(19-31)35-20-22-4-2-1-3-5-22)17-24(28)16-21-6-9-25(10-7-21)33-14-15-34-26-11-12-26/h1-10,13,17,26-27,29,31-32H,11-12,14-16,18-20H2. The number of benzene rings is 3. The fraction of sp³-hybridized carbons (Fsp3) is 0.379. The lowest BCUT2D eigenvalue weighted by Gasteiger charge is -2.20. The van der Waals surface area contributed by atoms with Crippen LogP contribution in [-0.4, -0.2) is 42.2 Å². The lowest BCUT2D eigenvalue weighted by Crippen LogP contribution is -2.21. The Morgan fingerprint density at radius 2 is 1.69 bits per heavy atom. The Labute approximate surface area is 212 Å². The Hall–Kier alpha value is -2.41. The summed E-state index contributed by atoms with van der Waals surface area (Å²) >= 11 is 6.46. The maximum absolute atomic E-state index is 10.8. The van der Waals surface area contributed by atoms with E-state index in [1.807, 2.05) is 72.8 Å². The smallest absolute Gasteiger partial charge is 0.119 e. The van der Waals surface area contributed by atoms with Crippen LogP contribution in [0.4, 0.5) is 0 Å². The molecule has 5 nitrogen and oxygen atoms in total. The average molecular weight is 497 g/mol. The van der Waals surface area contributed by atoms with Gasteiger partial charge in [0, 0.05) is 11.4 Å². The van der Waals surface area contributed by atoms with Crippen molar-refractivity contribution >= 4 is 11.6 Å². The molecular formula is C29H33ClO5. The molecule has 0 saturated heterocycles. The fourth-order valence-corrected chi connectivity index (χ4v) is 4.02. The van der Waals surface area contributed by atoms with Crippen molar-refractivity contribution < 1.29 is 24.4 Å². The molecule has 2 atom stereocenters. The van der Waals surface area contributed by atoms with E-state index in [0.29, 0.717) is 43.8 Å².